The fraction of sp³-hybridized carbons (Fsp3) is 0.0143. The van der Waals surface area contributed by atoms with Gasteiger partial charge in [0.1, 0.15) is 22.3 Å². The van der Waals surface area contributed by atoms with E-state index in [0.29, 0.717) is 17.5 Å². The van der Waals surface area contributed by atoms with Crippen molar-refractivity contribution < 1.29 is 8.83 Å². The Bertz CT molecular complexity index is 4480. The van der Waals surface area contributed by atoms with E-state index in [4.69, 9.17) is 23.8 Å². The molecule has 5 heteroatoms. The van der Waals surface area contributed by atoms with Gasteiger partial charge in [-0.15, -0.1) is 0 Å². The van der Waals surface area contributed by atoms with Crippen LogP contribution in [0.5, 0.6) is 0 Å². The molecule has 3 heterocycles. The van der Waals surface area contributed by atoms with Crippen molar-refractivity contribution in [2.45, 2.75) is 5.41 Å². The molecule has 0 saturated carbocycles. The fourth-order valence-corrected chi connectivity index (χ4v) is 11.9. The molecule has 14 aromatic rings. The molecule has 0 N–H and O–H groups in total. The van der Waals surface area contributed by atoms with Crippen LogP contribution in [0.2, 0.25) is 0 Å². The van der Waals surface area contributed by atoms with Crippen LogP contribution >= 0.6 is 0 Å². The average Bonchev–Trinajstić information content (AvgIpc) is 4.29. The number of nitrogens with zero attached hydrogens (tertiary/aromatic N) is 3. The predicted molar refractivity (Wildman–Crippen MR) is 304 cm³/mol. The van der Waals surface area contributed by atoms with Gasteiger partial charge in [-0.1, -0.05) is 212 Å². The predicted octanol–water partition coefficient (Wildman–Crippen LogP) is 18.0. The van der Waals surface area contributed by atoms with Crippen LogP contribution in [0.15, 0.2) is 270 Å². The summed E-state index contributed by atoms with van der Waals surface area (Å²) in [5.41, 5.74) is 19.7. The Morgan fingerprint density at radius 2 is 0.747 bits per heavy atom. The number of fused-ring (bicyclic) bond motifs is 9. The molecule has 1 aliphatic carbocycles. The van der Waals surface area contributed by atoms with Crippen LogP contribution in [0, 0.1) is 0 Å². The first-order valence-electron chi connectivity index (χ1n) is 25.4. The molecule has 0 aliphatic heterocycles. The third kappa shape index (κ3) is 6.82. The SMILES string of the molecule is c1ccc(-c2ccc(-c3nc(-c4ccc5oc6ccccc6c5c4)nc(-c4cccc5oc6ccc(-c7cccc(-c8cccc9c8-c8ccccc8C9(c8ccccc8)c8ccccc8)c7)cc6c45)n3)cc2)cc1. The quantitative estimate of drug-likeness (QED) is 0.152. The van der Waals surface area contributed by atoms with Gasteiger partial charge >= 0.3 is 0 Å². The first-order valence-corrected chi connectivity index (χ1v) is 25.4. The van der Waals surface area contributed by atoms with Crippen molar-refractivity contribution in [1.29, 1.82) is 0 Å². The summed E-state index contributed by atoms with van der Waals surface area (Å²) in [5.74, 6) is 1.70. The molecule has 0 amide bonds. The van der Waals surface area contributed by atoms with Gasteiger partial charge in [-0.25, -0.2) is 15.0 Å². The molecule has 0 spiro atoms. The molecule has 15 rings (SSSR count). The Morgan fingerprint density at radius 1 is 0.267 bits per heavy atom. The molecule has 5 nitrogen and oxygen atoms in total. The highest BCUT2D eigenvalue weighted by Crippen LogP contribution is 2.58. The molecule has 0 radical (unpaired) electrons. The van der Waals surface area contributed by atoms with E-state index in [9.17, 15) is 0 Å². The minimum Gasteiger partial charge on any atom is -0.456 e. The number of para-hydroxylation sites is 1. The number of rotatable bonds is 8. The standard InChI is InChI=1S/C70H43N3O2/c1-4-17-44(18-5-1)45-33-35-46(36-34-45)67-71-68(50-38-40-62-57(43-50)54-25-11-13-31-61(54)74-62)73-69(72-67)56-28-16-32-64-66(56)58-42-48(37-39-63(58)75-64)47-19-14-20-49(41-47)53-27-15-30-60-65(53)55-26-10-12-29-59(55)70(60,51-21-6-2-7-22-51)52-23-8-3-9-24-52/h1-43H. The van der Waals surface area contributed by atoms with E-state index in [-0.39, 0.29) is 0 Å². The maximum atomic E-state index is 6.66. The van der Waals surface area contributed by atoms with E-state index in [1.165, 1.54) is 38.9 Å². The fourth-order valence-electron chi connectivity index (χ4n) is 11.9. The van der Waals surface area contributed by atoms with E-state index in [1.807, 2.05) is 48.5 Å². The highest BCUT2D eigenvalue weighted by molar-refractivity contribution is 6.13. The Hall–Kier alpha value is -9.97. The maximum Gasteiger partial charge on any atom is 0.164 e. The summed E-state index contributed by atoms with van der Waals surface area (Å²) in [4.78, 5) is 15.8. The van der Waals surface area contributed by atoms with Gasteiger partial charge in [-0.2, -0.15) is 0 Å². The van der Waals surface area contributed by atoms with Gasteiger partial charge in [-0.05, 0) is 115 Å². The second kappa shape index (κ2) is 17.1. The summed E-state index contributed by atoms with van der Waals surface area (Å²) in [5, 5.41) is 3.98. The van der Waals surface area contributed by atoms with E-state index < -0.39 is 5.41 Å². The Balaban J connectivity index is 0.873. The van der Waals surface area contributed by atoms with Gasteiger partial charge in [0, 0.05) is 38.2 Å². The smallest absolute Gasteiger partial charge is 0.164 e. The molecule has 0 unspecified atom stereocenters. The van der Waals surface area contributed by atoms with Crippen LogP contribution in [-0.2, 0) is 5.41 Å². The van der Waals surface area contributed by atoms with Gasteiger partial charge in [0.15, 0.2) is 17.5 Å². The molecule has 75 heavy (non-hydrogen) atoms. The van der Waals surface area contributed by atoms with Crippen molar-refractivity contribution >= 4 is 43.9 Å². The zero-order chi connectivity index (χ0) is 49.5. The first kappa shape index (κ1) is 42.7. The normalized spacial score (nSPS) is 12.6. The van der Waals surface area contributed by atoms with E-state index in [2.05, 4.69) is 212 Å². The van der Waals surface area contributed by atoms with Gasteiger partial charge in [0.25, 0.3) is 0 Å². The second-order valence-electron chi connectivity index (χ2n) is 19.4. The van der Waals surface area contributed by atoms with Crippen LogP contribution in [0.25, 0.3) is 123 Å². The highest BCUT2D eigenvalue weighted by atomic mass is 16.3. The average molecular weight is 958 g/mol. The number of benzene rings is 11. The molecule has 3 aromatic heterocycles. The lowest BCUT2D eigenvalue weighted by molar-refractivity contribution is 0.668. The lowest BCUT2D eigenvalue weighted by Crippen LogP contribution is -2.28. The molecule has 0 bridgehead atoms. The Morgan fingerprint density at radius 3 is 1.55 bits per heavy atom. The van der Waals surface area contributed by atoms with Crippen LogP contribution in [-0.4, -0.2) is 15.0 Å². The maximum absolute atomic E-state index is 6.66. The topological polar surface area (TPSA) is 65.0 Å². The third-order valence-corrected chi connectivity index (χ3v) is 15.2. The van der Waals surface area contributed by atoms with Crippen molar-refractivity contribution in [3.05, 3.63) is 283 Å². The number of aromatic nitrogens is 3. The lowest BCUT2D eigenvalue weighted by atomic mass is 9.67. The van der Waals surface area contributed by atoms with Gasteiger partial charge < -0.3 is 8.83 Å². The molecule has 0 saturated heterocycles. The van der Waals surface area contributed by atoms with Gasteiger partial charge in [-0.3, -0.25) is 0 Å². The molecule has 0 fully saturated rings. The van der Waals surface area contributed by atoms with Crippen LogP contribution < -0.4 is 0 Å². The van der Waals surface area contributed by atoms with Crippen LogP contribution in [0.3, 0.4) is 0 Å². The van der Waals surface area contributed by atoms with Crippen molar-refractivity contribution in [1.82, 2.24) is 15.0 Å². The van der Waals surface area contributed by atoms with Crippen molar-refractivity contribution in [2.24, 2.45) is 0 Å². The van der Waals surface area contributed by atoms with Gasteiger partial charge in [0.2, 0.25) is 0 Å². The summed E-state index contributed by atoms with van der Waals surface area (Å²) in [6.45, 7) is 0. The van der Waals surface area contributed by atoms with E-state index in [0.717, 1.165) is 88.4 Å². The summed E-state index contributed by atoms with van der Waals surface area (Å²) >= 11 is 0. The number of furan rings is 2. The molecule has 11 aromatic carbocycles. The van der Waals surface area contributed by atoms with Crippen LogP contribution in [0.1, 0.15) is 22.3 Å². The minimum absolute atomic E-state index is 0.484. The zero-order valence-electron chi connectivity index (χ0n) is 40.5. The van der Waals surface area contributed by atoms with Crippen molar-refractivity contribution in [3.63, 3.8) is 0 Å². The molecular formula is C70H43N3O2. The summed E-state index contributed by atoms with van der Waals surface area (Å²) in [6, 6.07) is 92.5. The van der Waals surface area contributed by atoms with Crippen molar-refractivity contribution in [2.75, 3.05) is 0 Å². The number of hydrogen-bond acceptors (Lipinski definition) is 5. The molecular weight excluding hydrogens is 915 g/mol. The molecule has 0 atom stereocenters. The summed E-state index contributed by atoms with van der Waals surface area (Å²) in [7, 11) is 0. The Kier molecular flexibility index (Phi) is 9.72. The monoisotopic (exact) mass is 957 g/mol. The highest BCUT2D eigenvalue weighted by Gasteiger charge is 2.46. The minimum atomic E-state index is -0.484. The molecule has 1 aliphatic rings. The zero-order valence-corrected chi connectivity index (χ0v) is 40.5. The molecule has 350 valence electrons. The third-order valence-electron chi connectivity index (χ3n) is 15.2. The first-order chi connectivity index (χ1) is 37.2. The van der Waals surface area contributed by atoms with Crippen LogP contribution in [0.4, 0.5) is 0 Å². The largest absolute Gasteiger partial charge is 0.456 e. The summed E-state index contributed by atoms with van der Waals surface area (Å²) in [6.07, 6.45) is 0. The van der Waals surface area contributed by atoms with E-state index >= 15 is 0 Å². The van der Waals surface area contributed by atoms with Gasteiger partial charge in [0.05, 0.1) is 5.41 Å². The Labute approximate surface area is 432 Å². The second-order valence-corrected chi connectivity index (χ2v) is 19.4. The number of hydrogen-bond donors (Lipinski definition) is 0. The lowest BCUT2D eigenvalue weighted by Gasteiger charge is -2.34. The summed E-state index contributed by atoms with van der Waals surface area (Å²) < 4.78 is 12.9. The van der Waals surface area contributed by atoms with Crippen molar-refractivity contribution in [3.8, 4) is 78.7 Å². The van der Waals surface area contributed by atoms with E-state index in [1.54, 1.807) is 0 Å².